The first kappa shape index (κ1) is 36.5. The Balaban J connectivity index is 1.01. The highest BCUT2D eigenvalue weighted by atomic mass is 32.2. The number of sulfone groups is 1. The highest BCUT2D eigenvalue weighted by Crippen LogP contribution is 2.31. The van der Waals surface area contributed by atoms with Gasteiger partial charge in [0.2, 0.25) is 0 Å². The molecule has 276 valence electrons. The normalized spacial score (nSPS) is 13.8. The summed E-state index contributed by atoms with van der Waals surface area (Å²) in [5.74, 6) is -0.289. The van der Waals surface area contributed by atoms with E-state index in [1.54, 1.807) is 24.3 Å². The molecule has 2 heterocycles. The first-order chi connectivity index (χ1) is 26.1. The summed E-state index contributed by atoms with van der Waals surface area (Å²) in [6.07, 6.45) is 1.27. The van der Waals surface area contributed by atoms with Crippen LogP contribution < -0.4 is 14.9 Å². The van der Waals surface area contributed by atoms with Gasteiger partial charge in [-0.25, -0.2) is 26.8 Å². The van der Waals surface area contributed by atoms with Gasteiger partial charge in [0, 0.05) is 56.4 Å². The maximum atomic E-state index is 13.5. The highest BCUT2D eigenvalue weighted by Gasteiger charge is 2.24. The second kappa shape index (κ2) is 15.6. The Bertz CT molecular complexity index is 2510. The Labute approximate surface area is 313 Å². The molecule has 0 spiro atoms. The molecule has 1 fully saturated rings. The molecule has 7 rings (SSSR count). The number of rotatable bonds is 13. The third-order valence-electron chi connectivity index (χ3n) is 9.35. The van der Waals surface area contributed by atoms with E-state index in [0.29, 0.717) is 10.9 Å². The Morgan fingerprint density at radius 1 is 0.741 bits per heavy atom. The summed E-state index contributed by atoms with van der Waals surface area (Å²) >= 11 is 0. The standard InChI is InChI=1S/C39H37N7O6S2/c47-46(48)38-26-33(16-18-36(38)40-19-24-53(49,50)32-12-5-2-6-13-32)54(51,52)43-39-35-17-15-31(25-37(35)41-28-42-39)45-22-20-44(21-23-45)27-30-11-7-8-14-34(30)29-9-3-1-4-10-29/h1-18,25-26,28,40H,19-24,27H2,(H,41,42,43). The van der Waals surface area contributed by atoms with Crippen LogP contribution in [0.5, 0.6) is 0 Å². The lowest BCUT2D eigenvalue weighted by molar-refractivity contribution is -0.384. The van der Waals surface area contributed by atoms with Gasteiger partial charge in [-0.05, 0) is 59.2 Å². The lowest BCUT2D eigenvalue weighted by Gasteiger charge is -2.36. The van der Waals surface area contributed by atoms with E-state index in [1.165, 1.54) is 47.3 Å². The summed E-state index contributed by atoms with van der Waals surface area (Å²) < 4.78 is 54.7. The minimum atomic E-state index is -4.33. The van der Waals surface area contributed by atoms with Crippen LogP contribution in [0.1, 0.15) is 5.56 Å². The SMILES string of the molecule is O=[N+]([O-])c1cc(S(=O)(=O)Nc2ncnc3cc(N4CCN(Cc5ccccc5-c5ccccc5)CC4)ccc23)ccc1NCCS(=O)(=O)c1ccccc1. The molecule has 0 radical (unpaired) electrons. The van der Waals surface area contributed by atoms with Gasteiger partial charge in [0.25, 0.3) is 15.7 Å². The zero-order valence-corrected chi connectivity index (χ0v) is 30.7. The summed E-state index contributed by atoms with van der Waals surface area (Å²) in [5, 5.41) is 15.2. The number of nitro groups is 1. The Kier molecular flexibility index (Phi) is 10.5. The van der Waals surface area contributed by atoms with Crippen molar-refractivity contribution in [2.75, 3.05) is 53.4 Å². The van der Waals surface area contributed by atoms with Crippen LogP contribution >= 0.6 is 0 Å². The van der Waals surface area contributed by atoms with E-state index in [2.05, 4.69) is 78.3 Å². The van der Waals surface area contributed by atoms with Crippen molar-refractivity contribution < 1.29 is 21.8 Å². The second-order valence-corrected chi connectivity index (χ2v) is 16.6. The van der Waals surface area contributed by atoms with E-state index in [9.17, 15) is 26.9 Å². The maximum Gasteiger partial charge on any atom is 0.293 e. The summed E-state index contributed by atoms with van der Waals surface area (Å²) in [6.45, 7) is 4.05. The largest absolute Gasteiger partial charge is 0.378 e. The van der Waals surface area contributed by atoms with Gasteiger partial charge in [-0.2, -0.15) is 0 Å². The molecule has 0 saturated carbocycles. The van der Waals surface area contributed by atoms with Crippen molar-refractivity contribution in [1.29, 1.82) is 0 Å². The first-order valence-electron chi connectivity index (χ1n) is 17.3. The number of piperazine rings is 1. The summed E-state index contributed by atoms with van der Waals surface area (Å²) in [5.41, 5.74) is 4.67. The van der Waals surface area contributed by atoms with E-state index in [1.807, 2.05) is 18.2 Å². The second-order valence-electron chi connectivity index (χ2n) is 12.8. The molecule has 0 unspecified atom stereocenters. The van der Waals surface area contributed by atoms with Gasteiger partial charge in [0.15, 0.2) is 15.7 Å². The third kappa shape index (κ3) is 8.17. The number of hydrogen-bond donors (Lipinski definition) is 2. The molecule has 5 aromatic carbocycles. The van der Waals surface area contributed by atoms with Gasteiger partial charge >= 0.3 is 0 Å². The molecule has 15 heteroatoms. The van der Waals surface area contributed by atoms with E-state index < -0.39 is 30.5 Å². The topological polar surface area (TPSA) is 168 Å². The molecule has 6 aromatic rings. The molecule has 1 saturated heterocycles. The summed E-state index contributed by atoms with van der Waals surface area (Å²) in [6, 6.07) is 35.7. The van der Waals surface area contributed by atoms with Gasteiger partial charge in [0.1, 0.15) is 12.0 Å². The summed E-state index contributed by atoms with van der Waals surface area (Å²) in [4.78, 5) is 24.3. The zero-order chi connectivity index (χ0) is 37.7. The lowest BCUT2D eigenvalue weighted by atomic mass is 9.99. The molecule has 0 bridgehead atoms. The monoisotopic (exact) mass is 763 g/mol. The van der Waals surface area contributed by atoms with Crippen molar-refractivity contribution in [3.63, 3.8) is 0 Å². The quantitative estimate of drug-likeness (QED) is 0.101. The molecule has 0 aliphatic carbocycles. The zero-order valence-electron chi connectivity index (χ0n) is 29.1. The maximum absolute atomic E-state index is 13.5. The average molecular weight is 764 g/mol. The van der Waals surface area contributed by atoms with Crippen molar-refractivity contribution in [3.8, 4) is 11.1 Å². The minimum absolute atomic E-state index is 0.0138. The number of aromatic nitrogens is 2. The van der Waals surface area contributed by atoms with Crippen molar-refractivity contribution in [2.45, 2.75) is 16.3 Å². The van der Waals surface area contributed by atoms with Crippen LogP contribution in [-0.4, -0.2) is 75.1 Å². The van der Waals surface area contributed by atoms with Crippen molar-refractivity contribution in [1.82, 2.24) is 14.9 Å². The molecule has 0 amide bonds. The minimum Gasteiger partial charge on any atom is -0.378 e. The van der Waals surface area contributed by atoms with Gasteiger partial charge in [-0.1, -0.05) is 72.8 Å². The van der Waals surface area contributed by atoms with Crippen molar-refractivity contribution >= 4 is 53.6 Å². The van der Waals surface area contributed by atoms with Crippen LogP contribution in [0, 0.1) is 10.1 Å². The van der Waals surface area contributed by atoms with Crippen LogP contribution in [0.2, 0.25) is 0 Å². The highest BCUT2D eigenvalue weighted by molar-refractivity contribution is 7.92. The van der Waals surface area contributed by atoms with E-state index in [0.717, 1.165) is 44.5 Å². The number of nitro benzene ring substituents is 1. The van der Waals surface area contributed by atoms with Crippen molar-refractivity contribution in [3.05, 3.63) is 143 Å². The van der Waals surface area contributed by atoms with Gasteiger partial charge < -0.3 is 10.2 Å². The predicted octanol–water partition coefficient (Wildman–Crippen LogP) is 6.21. The van der Waals surface area contributed by atoms with Crippen LogP contribution in [0.3, 0.4) is 0 Å². The Morgan fingerprint density at radius 3 is 2.19 bits per heavy atom. The number of nitrogens with one attached hydrogen (secondary N) is 2. The molecule has 13 nitrogen and oxygen atoms in total. The Morgan fingerprint density at radius 2 is 1.44 bits per heavy atom. The number of fused-ring (bicyclic) bond motifs is 1. The fraction of sp³-hybridized carbons (Fsp3) is 0.179. The van der Waals surface area contributed by atoms with Crippen molar-refractivity contribution in [2.24, 2.45) is 0 Å². The summed E-state index contributed by atoms with van der Waals surface area (Å²) in [7, 11) is -7.96. The molecular formula is C39H37N7O6S2. The fourth-order valence-electron chi connectivity index (χ4n) is 6.52. The van der Waals surface area contributed by atoms with Gasteiger partial charge in [0.05, 0.1) is 26.0 Å². The van der Waals surface area contributed by atoms with Gasteiger partial charge in [-0.15, -0.1) is 0 Å². The van der Waals surface area contributed by atoms with Crippen LogP contribution in [-0.2, 0) is 26.4 Å². The molecular weight excluding hydrogens is 727 g/mol. The molecule has 1 aliphatic rings. The van der Waals surface area contributed by atoms with Gasteiger partial charge in [-0.3, -0.25) is 19.7 Å². The van der Waals surface area contributed by atoms with E-state index in [-0.39, 0.29) is 33.6 Å². The molecule has 54 heavy (non-hydrogen) atoms. The first-order valence-corrected chi connectivity index (χ1v) is 20.4. The third-order valence-corrected chi connectivity index (χ3v) is 12.4. The van der Waals surface area contributed by atoms with E-state index in [4.69, 9.17) is 0 Å². The molecule has 1 aliphatic heterocycles. The van der Waals surface area contributed by atoms with Crippen LogP contribution in [0.4, 0.5) is 22.9 Å². The fourth-order valence-corrected chi connectivity index (χ4v) is 8.74. The smallest absolute Gasteiger partial charge is 0.293 e. The molecule has 1 aromatic heterocycles. The lowest BCUT2D eigenvalue weighted by Crippen LogP contribution is -2.46. The Hall–Kier alpha value is -5.90. The van der Waals surface area contributed by atoms with E-state index >= 15 is 0 Å². The number of anilines is 3. The molecule has 0 atom stereocenters. The predicted molar refractivity (Wildman–Crippen MR) is 210 cm³/mol. The number of nitrogens with zero attached hydrogens (tertiary/aromatic N) is 5. The number of benzene rings is 5. The van der Waals surface area contributed by atoms with Crippen LogP contribution in [0.15, 0.2) is 137 Å². The van der Waals surface area contributed by atoms with Crippen LogP contribution in [0.25, 0.3) is 22.0 Å². The number of hydrogen-bond acceptors (Lipinski definition) is 11. The average Bonchev–Trinajstić information content (AvgIpc) is 3.19. The number of sulfonamides is 1. The molecule has 2 N–H and O–H groups in total.